The summed E-state index contributed by atoms with van der Waals surface area (Å²) in [5.41, 5.74) is 0. The minimum absolute atomic E-state index is 0.170. The van der Waals surface area contributed by atoms with Crippen LogP contribution in [-0.4, -0.2) is 43.8 Å². The SMILES string of the molecule is C1=CCN([B-](n2cccn2)n2cccn2)N=1. The molecule has 0 unspecified atom stereocenters. The number of hydrogen-bond acceptors (Lipinski definition) is 4. The minimum atomic E-state index is -0.170. The quantitative estimate of drug-likeness (QED) is 0.668. The molecule has 0 fully saturated rings. The minimum Gasteiger partial charge on any atom is -0.435 e. The van der Waals surface area contributed by atoms with Gasteiger partial charge in [0.15, 0.2) is 0 Å². The van der Waals surface area contributed by atoms with Gasteiger partial charge in [-0.15, -0.1) is 0 Å². The van der Waals surface area contributed by atoms with Gasteiger partial charge in [0.2, 0.25) is 0 Å². The Balaban J connectivity index is 1.98. The van der Waals surface area contributed by atoms with E-state index < -0.39 is 0 Å². The maximum atomic E-state index is 4.23. The molecule has 3 heterocycles. The lowest BCUT2D eigenvalue weighted by Gasteiger charge is -2.36. The van der Waals surface area contributed by atoms with Gasteiger partial charge in [0, 0.05) is 24.8 Å². The monoisotopic (exact) mass is 212 g/mol. The second-order valence-electron chi connectivity index (χ2n) is 3.37. The van der Waals surface area contributed by atoms with Crippen molar-refractivity contribution < 1.29 is 0 Å². The van der Waals surface area contributed by atoms with Crippen molar-refractivity contribution in [1.29, 1.82) is 0 Å². The summed E-state index contributed by atoms with van der Waals surface area (Å²) in [5, 5.41) is 12.6. The van der Waals surface area contributed by atoms with E-state index in [4.69, 9.17) is 0 Å². The molecule has 79 valence electrons. The Labute approximate surface area is 92.6 Å². The van der Waals surface area contributed by atoms with Gasteiger partial charge < -0.3 is 14.1 Å². The van der Waals surface area contributed by atoms with Crippen molar-refractivity contribution in [2.45, 2.75) is 0 Å². The Morgan fingerprint density at radius 1 is 1.06 bits per heavy atom. The molecule has 0 bridgehead atoms. The highest BCUT2D eigenvalue weighted by molar-refractivity contribution is 6.51. The molecular weight excluding hydrogens is 203 g/mol. The molecule has 0 N–H and O–H groups in total. The molecular formula is C9H9BN6-. The van der Waals surface area contributed by atoms with Gasteiger partial charge in [-0.3, -0.25) is 0 Å². The zero-order valence-corrected chi connectivity index (χ0v) is 8.51. The van der Waals surface area contributed by atoms with Crippen LogP contribution in [0, 0.1) is 0 Å². The molecule has 1 aliphatic rings. The summed E-state index contributed by atoms with van der Waals surface area (Å²) in [6.07, 6.45) is 9.13. The zero-order valence-electron chi connectivity index (χ0n) is 8.51. The number of hydrogen-bond donors (Lipinski definition) is 0. The predicted molar refractivity (Wildman–Crippen MR) is 59.7 cm³/mol. The van der Waals surface area contributed by atoms with Crippen molar-refractivity contribution in [3.63, 3.8) is 0 Å². The van der Waals surface area contributed by atoms with Gasteiger partial charge in [0.05, 0.1) is 0 Å². The van der Waals surface area contributed by atoms with Crippen LogP contribution >= 0.6 is 0 Å². The van der Waals surface area contributed by atoms with Gasteiger partial charge in [-0.25, -0.2) is 10.2 Å². The highest BCUT2D eigenvalue weighted by Gasteiger charge is 2.13. The summed E-state index contributed by atoms with van der Waals surface area (Å²) in [7, 11) is -0.170. The Hall–Kier alpha value is -2.27. The van der Waals surface area contributed by atoms with Crippen molar-refractivity contribution in [3.8, 4) is 0 Å². The van der Waals surface area contributed by atoms with Gasteiger partial charge in [-0.2, -0.15) is 5.10 Å². The summed E-state index contributed by atoms with van der Waals surface area (Å²) < 4.78 is 3.61. The average molecular weight is 212 g/mol. The standard InChI is InChI=1S/C9H9BN6/c1-4-11-14(7-1)10(15-8-2-5-12-15)16-9-3-6-13-16/h1-5,7-8H,9H2/q-1. The van der Waals surface area contributed by atoms with E-state index in [0.717, 1.165) is 0 Å². The van der Waals surface area contributed by atoms with Crippen LogP contribution in [0.4, 0.5) is 0 Å². The van der Waals surface area contributed by atoms with Gasteiger partial charge >= 0.3 is 0 Å². The predicted octanol–water partition coefficient (Wildman–Crippen LogP) is -0.0826. The Morgan fingerprint density at radius 3 is 2.19 bits per heavy atom. The summed E-state index contributed by atoms with van der Waals surface area (Å²) in [4.78, 5) is 1.86. The molecule has 0 saturated carbocycles. The Morgan fingerprint density at radius 2 is 1.75 bits per heavy atom. The smallest absolute Gasteiger partial charge is 0.256 e. The first-order valence-electron chi connectivity index (χ1n) is 4.98. The molecule has 1 aliphatic heterocycles. The van der Waals surface area contributed by atoms with Crippen LogP contribution in [0.25, 0.3) is 0 Å². The number of nitrogens with zero attached hydrogens (tertiary/aromatic N) is 6. The third-order valence-electron chi connectivity index (χ3n) is 2.35. The van der Waals surface area contributed by atoms with E-state index in [9.17, 15) is 0 Å². The Bertz CT molecular complexity index is 476. The van der Waals surface area contributed by atoms with E-state index in [-0.39, 0.29) is 7.12 Å². The van der Waals surface area contributed by atoms with Gasteiger partial charge in [-0.05, 0) is 30.6 Å². The second kappa shape index (κ2) is 3.71. The molecule has 1 radical (unpaired) electrons. The highest BCUT2D eigenvalue weighted by Crippen LogP contribution is 2.04. The highest BCUT2D eigenvalue weighted by atomic mass is 15.5. The van der Waals surface area contributed by atoms with Gasteiger partial charge in [-0.1, -0.05) is 0 Å². The van der Waals surface area contributed by atoms with E-state index in [1.54, 1.807) is 21.6 Å². The first-order chi connectivity index (χ1) is 7.95. The van der Waals surface area contributed by atoms with E-state index in [1.807, 2.05) is 35.5 Å². The van der Waals surface area contributed by atoms with Crippen molar-refractivity contribution in [3.05, 3.63) is 43.0 Å². The molecule has 0 aliphatic carbocycles. The lowest BCUT2D eigenvalue weighted by atomic mass is 9.93. The van der Waals surface area contributed by atoms with Crippen LogP contribution in [0.15, 0.2) is 48.1 Å². The molecule has 2 aromatic heterocycles. The molecule has 0 aromatic carbocycles. The third-order valence-corrected chi connectivity index (χ3v) is 2.35. The number of hydrazone groups is 1. The molecule has 0 atom stereocenters. The molecule has 6 nitrogen and oxygen atoms in total. The van der Waals surface area contributed by atoms with Crippen molar-refractivity contribution in [2.75, 3.05) is 6.54 Å². The third kappa shape index (κ3) is 1.43. The average Bonchev–Trinajstić information content (AvgIpc) is 3.02. The lowest BCUT2D eigenvalue weighted by molar-refractivity contribution is 0.490. The largest absolute Gasteiger partial charge is 0.435 e. The van der Waals surface area contributed by atoms with E-state index >= 15 is 0 Å². The van der Waals surface area contributed by atoms with Crippen LogP contribution in [0.5, 0.6) is 0 Å². The lowest BCUT2D eigenvalue weighted by Crippen LogP contribution is -2.48. The van der Waals surface area contributed by atoms with Crippen molar-refractivity contribution in [2.24, 2.45) is 5.10 Å². The first kappa shape index (κ1) is 9.00. The topological polar surface area (TPSA) is 51.2 Å². The molecule has 0 amide bonds. The van der Waals surface area contributed by atoms with Crippen LogP contribution in [0.2, 0.25) is 0 Å². The molecule has 0 saturated heterocycles. The molecule has 2 aromatic rings. The fraction of sp³-hybridized carbons (Fsp3) is 0.111. The van der Waals surface area contributed by atoms with E-state index in [2.05, 4.69) is 21.2 Å². The maximum Gasteiger partial charge on any atom is 0.256 e. The molecule has 16 heavy (non-hydrogen) atoms. The molecule has 7 heteroatoms. The van der Waals surface area contributed by atoms with Crippen LogP contribution < -0.4 is 0 Å². The van der Waals surface area contributed by atoms with Crippen molar-refractivity contribution >= 4 is 13.0 Å². The summed E-state index contributed by atoms with van der Waals surface area (Å²) in [5.74, 6) is 2.82. The van der Waals surface area contributed by atoms with Gasteiger partial charge in [0.25, 0.3) is 7.12 Å². The van der Waals surface area contributed by atoms with Crippen molar-refractivity contribution in [1.82, 2.24) is 24.3 Å². The zero-order chi connectivity index (χ0) is 10.8. The van der Waals surface area contributed by atoms with Crippen LogP contribution in [-0.2, 0) is 0 Å². The summed E-state index contributed by atoms with van der Waals surface area (Å²) >= 11 is 0. The molecule has 0 spiro atoms. The molecule has 3 rings (SSSR count). The Kier molecular flexibility index (Phi) is 2.09. The van der Waals surface area contributed by atoms with Gasteiger partial charge in [0.1, 0.15) is 0 Å². The second-order valence-corrected chi connectivity index (χ2v) is 3.37. The van der Waals surface area contributed by atoms with E-state index in [1.165, 1.54) is 0 Å². The fourth-order valence-electron chi connectivity index (χ4n) is 1.66. The summed E-state index contributed by atoms with van der Waals surface area (Å²) in [6.45, 7) is 0.713. The van der Waals surface area contributed by atoms with Crippen LogP contribution in [0.3, 0.4) is 0 Å². The van der Waals surface area contributed by atoms with E-state index in [0.29, 0.717) is 6.54 Å². The first-order valence-corrected chi connectivity index (χ1v) is 4.98. The normalized spacial score (nSPS) is 14.2. The maximum absolute atomic E-state index is 4.23. The summed E-state index contributed by atoms with van der Waals surface area (Å²) in [6, 6.07) is 3.76. The number of aromatic nitrogens is 4. The fourth-order valence-corrected chi connectivity index (χ4v) is 1.66. The van der Waals surface area contributed by atoms with Crippen LogP contribution in [0.1, 0.15) is 0 Å². The number of rotatable bonds is 3.